The van der Waals surface area contributed by atoms with Crippen LogP contribution in [0.25, 0.3) is 0 Å². The van der Waals surface area contributed by atoms with E-state index < -0.39 is 6.04 Å². The van der Waals surface area contributed by atoms with Gasteiger partial charge in [0.05, 0.1) is 12.5 Å². The summed E-state index contributed by atoms with van der Waals surface area (Å²) in [6, 6.07) is 16.4. The van der Waals surface area contributed by atoms with E-state index in [-0.39, 0.29) is 23.3 Å². The first-order chi connectivity index (χ1) is 15.8. The summed E-state index contributed by atoms with van der Waals surface area (Å²) >= 11 is 0. The van der Waals surface area contributed by atoms with E-state index >= 15 is 0 Å². The Labute approximate surface area is 198 Å². The summed E-state index contributed by atoms with van der Waals surface area (Å²) in [5, 5.41) is 6.16. The summed E-state index contributed by atoms with van der Waals surface area (Å²) in [5.74, 6) is 0.569. The Balaban J connectivity index is 1.73. The van der Waals surface area contributed by atoms with Crippen LogP contribution in [0.1, 0.15) is 82.9 Å². The lowest BCUT2D eigenvalue weighted by Gasteiger charge is -2.40. The van der Waals surface area contributed by atoms with Gasteiger partial charge in [-0.05, 0) is 68.7 Å². The van der Waals surface area contributed by atoms with E-state index in [4.69, 9.17) is 4.74 Å². The number of hydrogen-bond acceptors (Lipinski definition) is 3. The van der Waals surface area contributed by atoms with Crippen LogP contribution in [0.5, 0.6) is 5.75 Å². The SMILES string of the molecule is CCCC(C)COc1ccc([C@@H](NC(=O)[C@@H](C)c2ccccc2)C(=O)NC2(C)CCC2)cc1. The van der Waals surface area contributed by atoms with Crippen molar-refractivity contribution in [2.24, 2.45) is 5.92 Å². The predicted octanol–water partition coefficient (Wildman–Crippen LogP) is 5.52. The highest BCUT2D eigenvalue weighted by Crippen LogP contribution is 2.32. The van der Waals surface area contributed by atoms with Crippen LogP contribution in [0.3, 0.4) is 0 Å². The molecule has 5 nitrogen and oxygen atoms in total. The van der Waals surface area contributed by atoms with E-state index in [1.807, 2.05) is 61.5 Å². The summed E-state index contributed by atoms with van der Waals surface area (Å²) in [6.45, 7) is 8.95. The molecule has 1 saturated carbocycles. The summed E-state index contributed by atoms with van der Waals surface area (Å²) in [4.78, 5) is 26.3. The van der Waals surface area contributed by atoms with Gasteiger partial charge in [0.15, 0.2) is 0 Å². The van der Waals surface area contributed by atoms with Crippen LogP contribution in [-0.2, 0) is 9.59 Å². The van der Waals surface area contributed by atoms with Crippen molar-refractivity contribution < 1.29 is 14.3 Å². The number of carbonyl (C=O) groups excluding carboxylic acids is 2. The van der Waals surface area contributed by atoms with Crippen molar-refractivity contribution in [3.8, 4) is 5.75 Å². The summed E-state index contributed by atoms with van der Waals surface area (Å²) in [7, 11) is 0. The molecule has 2 aromatic carbocycles. The molecule has 1 fully saturated rings. The lowest BCUT2D eigenvalue weighted by atomic mass is 9.78. The lowest BCUT2D eigenvalue weighted by molar-refractivity contribution is -0.131. The molecule has 0 spiro atoms. The molecule has 0 heterocycles. The van der Waals surface area contributed by atoms with Gasteiger partial charge in [0.1, 0.15) is 11.8 Å². The van der Waals surface area contributed by atoms with E-state index in [9.17, 15) is 9.59 Å². The smallest absolute Gasteiger partial charge is 0.247 e. The van der Waals surface area contributed by atoms with Crippen molar-refractivity contribution in [2.45, 2.75) is 77.3 Å². The Kier molecular flexibility index (Phi) is 8.54. The van der Waals surface area contributed by atoms with Gasteiger partial charge in [-0.3, -0.25) is 9.59 Å². The van der Waals surface area contributed by atoms with E-state index in [0.29, 0.717) is 12.5 Å². The van der Waals surface area contributed by atoms with E-state index in [0.717, 1.165) is 49.0 Å². The molecule has 1 aliphatic rings. The molecular formula is C28H38N2O3. The van der Waals surface area contributed by atoms with Crippen molar-refractivity contribution >= 4 is 11.8 Å². The van der Waals surface area contributed by atoms with Gasteiger partial charge in [-0.25, -0.2) is 0 Å². The molecule has 1 aliphatic carbocycles. The number of amides is 2. The predicted molar refractivity (Wildman–Crippen MR) is 132 cm³/mol. The summed E-state index contributed by atoms with van der Waals surface area (Å²) in [6.07, 6.45) is 5.30. The molecule has 0 bridgehead atoms. The Morgan fingerprint density at radius 1 is 0.970 bits per heavy atom. The topological polar surface area (TPSA) is 67.4 Å². The average Bonchev–Trinajstić information content (AvgIpc) is 2.80. The number of nitrogens with one attached hydrogen (secondary N) is 2. The zero-order chi connectivity index (χ0) is 23.8. The molecule has 0 saturated heterocycles. The molecule has 2 aromatic rings. The first kappa shape index (κ1) is 24.8. The van der Waals surface area contributed by atoms with Crippen molar-refractivity contribution in [1.82, 2.24) is 10.6 Å². The van der Waals surface area contributed by atoms with Crippen LogP contribution < -0.4 is 15.4 Å². The maximum atomic E-state index is 13.3. The van der Waals surface area contributed by atoms with E-state index in [1.54, 1.807) is 0 Å². The monoisotopic (exact) mass is 450 g/mol. The van der Waals surface area contributed by atoms with Gasteiger partial charge >= 0.3 is 0 Å². The molecule has 5 heteroatoms. The van der Waals surface area contributed by atoms with E-state index in [1.165, 1.54) is 0 Å². The zero-order valence-corrected chi connectivity index (χ0v) is 20.4. The van der Waals surface area contributed by atoms with Crippen LogP contribution in [0.2, 0.25) is 0 Å². The van der Waals surface area contributed by atoms with Crippen LogP contribution in [0.15, 0.2) is 54.6 Å². The van der Waals surface area contributed by atoms with Gasteiger partial charge in [0.2, 0.25) is 11.8 Å². The minimum atomic E-state index is -0.755. The third-order valence-electron chi connectivity index (χ3n) is 6.65. The number of rotatable bonds is 11. The normalized spacial score (nSPS) is 17.2. The second-order valence-corrected chi connectivity index (χ2v) is 9.75. The van der Waals surface area contributed by atoms with Crippen molar-refractivity contribution in [3.05, 3.63) is 65.7 Å². The fourth-order valence-electron chi connectivity index (χ4n) is 4.23. The lowest BCUT2D eigenvalue weighted by Crippen LogP contribution is -2.54. The molecule has 0 radical (unpaired) electrons. The van der Waals surface area contributed by atoms with Crippen molar-refractivity contribution in [1.29, 1.82) is 0 Å². The van der Waals surface area contributed by atoms with Gasteiger partial charge in [-0.2, -0.15) is 0 Å². The highest BCUT2D eigenvalue weighted by molar-refractivity contribution is 5.91. The quantitative estimate of drug-likeness (QED) is 0.474. The Morgan fingerprint density at radius 3 is 2.21 bits per heavy atom. The van der Waals surface area contributed by atoms with Gasteiger partial charge in [0.25, 0.3) is 0 Å². The number of carbonyl (C=O) groups is 2. The van der Waals surface area contributed by atoms with Gasteiger partial charge < -0.3 is 15.4 Å². The highest BCUT2D eigenvalue weighted by Gasteiger charge is 2.36. The zero-order valence-electron chi connectivity index (χ0n) is 20.4. The highest BCUT2D eigenvalue weighted by atomic mass is 16.5. The summed E-state index contributed by atoms with van der Waals surface area (Å²) < 4.78 is 5.91. The Hall–Kier alpha value is -2.82. The van der Waals surface area contributed by atoms with Crippen molar-refractivity contribution in [2.75, 3.05) is 6.61 Å². The minimum Gasteiger partial charge on any atom is -0.493 e. The maximum Gasteiger partial charge on any atom is 0.247 e. The van der Waals surface area contributed by atoms with Crippen LogP contribution >= 0.6 is 0 Å². The van der Waals surface area contributed by atoms with Crippen LogP contribution in [0.4, 0.5) is 0 Å². The molecule has 178 valence electrons. The standard InChI is InChI=1S/C28H38N2O3/c1-5-10-20(2)19-33-24-15-13-23(14-16-24)25(27(32)30-28(4)17-9-18-28)29-26(31)21(3)22-11-7-6-8-12-22/h6-8,11-16,20-21,25H,5,9-10,17-19H2,1-4H3,(H,29,31)(H,30,32)/t20?,21-,25+/m0/s1. The average molecular weight is 451 g/mol. The molecule has 3 atom stereocenters. The molecule has 3 rings (SSSR count). The second-order valence-electron chi connectivity index (χ2n) is 9.75. The molecule has 0 aliphatic heterocycles. The third kappa shape index (κ3) is 6.83. The van der Waals surface area contributed by atoms with E-state index in [2.05, 4.69) is 31.4 Å². The molecular weight excluding hydrogens is 412 g/mol. The number of benzene rings is 2. The van der Waals surface area contributed by atoms with Crippen LogP contribution in [0, 0.1) is 5.92 Å². The first-order valence-electron chi connectivity index (χ1n) is 12.2. The maximum absolute atomic E-state index is 13.3. The van der Waals surface area contributed by atoms with Gasteiger partial charge in [-0.1, -0.05) is 62.7 Å². The number of ether oxygens (including phenoxy) is 1. The third-order valence-corrected chi connectivity index (χ3v) is 6.65. The Morgan fingerprint density at radius 2 is 1.64 bits per heavy atom. The van der Waals surface area contributed by atoms with Crippen molar-refractivity contribution in [3.63, 3.8) is 0 Å². The number of hydrogen-bond donors (Lipinski definition) is 2. The largest absolute Gasteiger partial charge is 0.493 e. The van der Waals surface area contributed by atoms with Gasteiger partial charge in [-0.15, -0.1) is 0 Å². The first-order valence-corrected chi connectivity index (χ1v) is 12.2. The molecule has 1 unspecified atom stereocenters. The summed E-state index contributed by atoms with van der Waals surface area (Å²) in [5.41, 5.74) is 1.48. The van der Waals surface area contributed by atoms with Crippen LogP contribution in [-0.4, -0.2) is 24.0 Å². The fraction of sp³-hybridized carbons (Fsp3) is 0.500. The fourth-order valence-corrected chi connectivity index (χ4v) is 4.23. The minimum absolute atomic E-state index is 0.170. The second kappa shape index (κ2) is 11.4. The molecule has 0 aromatic heterocycles. The molecule has 33 heavy (non-hydrogen) atoms. The van der Waals surface area contributed by atoms with Gasteiger partial charge in [0, 0.05) is 5.54 Å². The molecule has 2 N–H and O–H groups in total. The Bertz CT molecular complexity index is 906. The molecule has 2 amide bonds.